The Kier molecular flexibility index (Phi) is 5.13. The SMILES string of the molecule is CCC(C(=O)NCC1(c2ccccc2)CC1)n1nnc(-c2ccc(Cl)cc2)n1. The molecule has 1 aromatic heterocycles. The van der Waals surface area contributed by atoms with Crippen LogP contribution >= 0.6 is 11.6 Å². The standard InChI is InChI=1S/C21H22ClN5O/c1-2-18(27-25-19(24-26-27)15-8-10-17(22)11-9-15)20(28)23-14-21(12-13-21)16-6-4-3-5-7-16/h3-11,18H,2,12-14H2,1H3,(H,23,28). The number of nitrogens with zero attached hydrogens (tertiary/aromatic N) is 4. The Hall–Kier alpha value is -2.73. The first kappa shape index (κ1) is 18.6. The number of halogens is 1. The highest BCUT2D eigenvalue weighted by Gasteiger charge is 2.44. The van der Waals surface area contributed by atoms with Crippen LogP contribution in [0.1, 0.15) is 37.8 Å². The van der Waals surface area contributed by atoms with Crippen LogP contribution in [-0.4, -0.2) is 32.7 Å². The molecule has 1 atom stereocenters. The van der Waals surface area contributed by atoms with Gasteiger partial charge in [-0.1, -0.05) is 48.9 Å². The number of carbonyl (C=O) groups is 1. The van der Waals surface area contributed by atoms with E-state index in [1.54, 1.807) is 12.1 Å². The summed E-state index contributed by atoms with van der Waals surface area (Å²) in [6.45, 7) is 2.57. The lowest BCUT2D eigenvalue weighted by atomic mass is 9.96. The average molecular weight is 396 g/mol. The summed E-state index contributed by atoms with van der Waals surface area (Å²) in [4.78, 5) is 14.2. The van der Waals surface area contributed by atoms with Crippen molar-refractivity contribution >= 4 is 17.5 Å². The number of aromatic nitrogens is 4. The molecule has 28 heavy (non-hydrogen) atoms. The molecule has 6 nitrogen and oxygen atoms in total. The third-order valence-electron chi connectivity index (χ3n) is 5.34. The van der Waals surface area contributed by atoms with Crippen LogP contribution in [0.15, 0.2) is 54.6 Å². The summed E-state index contributed by atoms with van der Waals surface area (Å²) in [5.74, 6) is 0.399. The van der Waals surface area contributed by atoms with Crippen LogP contribution in [0.3, 0.4) is 0 Å². The van der Waals surface area contributed by atoms with Gasteiger partial charge < -0.3 is 5.32 Å². The molecule has 1 aliphatic rings. The second kappa shape index (κ2) is 7.72. The molecule has 1 aliphatic carbocycles. The molecular weight excluding hydrogens is 374 g/mol. The topological polar surface area (TPSA) is 72.7 Å². The largest absolute Gasteiger partial charge is 0.353 e. The van der Waals surface area contributed by atoms with Crippen molar-refractivity contribution in [3.05, 3.63) is 65.2 Å². The molecular formula is C21H22ClN5O. The number of amides is 1. The monoisotopic (exact) mass is 395 g/mol. The maximum absolute atomic E-state index is 12.8. The fourth-order valence-electron chi connectivity index (χ4n) is 3.41. The Balaban J connectivity index is 1.44. The molecule has 7 heteroatoms. The molecule has 0 radical (unpaired) electrons. The molecule has 0 saturated heterocycles. The number of nitrogens with one attached hydrogen (secondary N) is 1. The lowest BCUT2D eigenvalue weighted by molar-refractivity contribution is -0.125. The van der Waals surface area contributed by atoms with Gasteiger partial charge in [0.05, 0.1) is 0 Å². The molecule has 4 rings (SSSR count). The highest BCUT2D eigenvalue weighted by atomic mass is 35.5. The number of benzene rings is 2. The summed E-state index contributed by atoms with van der Waals surface area (Å²) in [6, 6.07) is 17.1. The number of hydrogen-bond acceptors (Lipinski definition) is 4. The maximum Gasteiger partial charge on any atom is 0.246 e. The second-order valence-electron chi connectivity index (χ2n) is 7.23. The summed E-state index contributed by atoms with van der Waals surface area (Å²) in [5.41, 5.74) is 2.17. The second-order valence-corrected chi connectivity index (χ2v) is 7.66. The van der Waals surface area contributed by atoms with Gasteiger partial charge in [-0.3, -0.25) is 4.79 Å². The van der Waals surface area contributed by atoms with Gasteiger partial charge >= 0.3 is 0 Å². The Morgan fingerprint density at radius 1 is 1.18 bits per heavy atom. The van der Waals surface area contributed by atoms with Crippen molar-refractivity contribution in [2.45, 2.75) is 37.6 Å². The number of tetrazole rings is 1. The number of carbonyl (C=O) groups excluding carboxylic acids is 1. The molecule has 1 unspecified atom stereocenters. The van der Waals surface area contributed by atoms with Crippen molar-refractivity contribution < 1.29 is 4.79 Å². The molecule has 0 spiro atoms. The van der Waals surface area contributed by atoms with E-state index in [4.69, 9.17) is 11.6 Å². The van der Waals surface area contributed by atoms with Crippen LogP contribution in [0.2, 0.25) is 5.02 Å². The van der Waals surface area contributed by atoms with E-state index < -0.39 is 6.04 Å². The third kappa shape index (κ3) is 3.78. The third-order valence-corrected chi connectivity index (χ3v) is 5.59. The molecule has 144 valence electrons. The highest BCUT2D eigenvalue weighted by Crippen LogP contribution is 2.47. The first-order valence-electron chi connectivity index (χ1n) is 9.50. The predicted octanol–water partition coefficient (Wildman–Crippen LogP) is 3.79. The van der Waals surface area contributed by atoms with E-state index in [0.29, 0.717) is 23.8 Å². The molecule has 0 aliphatic heterocycles. The first-order chi connectivity index (χ1) is 13.6. The lowest BCUT2D eigenvalue weighted by Gasteiger charge is -2.19. The van der Waals surface area contributed by atoms with Crippen LogP contribution in [0.25, 0.3) is 11.4 Å². The zero-order chi connectivity index (χ0) is 19.6. The van der Waals surface area contributed by atoms with Crippen LogP contribution in [0.4, 0.5) is 0 Å². The summed E-state index contributed by atoms with van der Waals surface area (Å²) in [6.07, 6.45) is 2.77. The summed E-state index contributed by atoms with van der Waals surface area (Å²) in [5, 5.41) is 16.4. The van der Waals surface area contributed by atoms with Crippen molar-refractivity contribution in [2.75, 3.05) is 6.54 Å². The van der Waals surface area contributed by atoms with Gasteiger partial charge in [0.2, 0.25) is 11.7 Å². The highest BCUT2D eigenvalue weighted by molar-refractivity contribution is 6.30. The molecule has 0 bridgehead atoms. The van der Waals surface area contributed by atoms with E-state index in [1.807, 2.05) is 37.3 Å². The predicted molar refractivity (Wildman–Crippen MR) is 108 cm³/mol. The molecule has 1 heterocycles. The van der Waals surface area contributed by atoms with E-state index in [2.05, 4.69) is 32.9 Å². The zero-order valence-electron chi connectivity index (χ0n) is 15.7. The molecule has 1 amide bonds. The Morgan fingerprint density at radius 2 is 1.89 bits per heavy atom. The lowest BCUT2D eigenvalue weighted by Crippen LogP contribution is -2.38. The van der Waals surface area contributed by atoms with E-state index in [9.17, 15) is 4.79 Å². The Bertz CT molecular complexity index is 950. The van der Waals surface area contributed by atoms with Crippen molar-refractivity contribution in [3.63, 3.8) is 0 Å². The van der Waals surface area contributed by atoms with Gasteiger partial charge in [0.15, 0.2) is 6.04 Å². The van der Waals surface area contributed by atoms with Gasteiger partial charge in [-0.25, -0.2) is 0 Å². The maximum atomic E-state index is 12.8. The minimum Gasteiger partial charge on any atom is -0.353 e. The van der Waals surface area contributed by atoms with Gasteiger partial charge in [0, 0.05) is 22.5 Å². The Morgan fingerprint density at radius 3 is 2.54 bits per heavy atom. The zero-order valence-corrected chi connectivity index (χ0v) is 16.4. The van der Waals surface area contributed by atoms with Gasteiger partial charge in [0.1, 0.15) is 0 Å². The van der Waals surface area contributed by atoms with Crippen LogP contribution in [-0.2, 0) is 10.2 Å². The van der Waals surface area contributed by atoms with E-state index in [-0.39, 0.29) is 11.3 Å². The Labute approximate surface area is 168 Å². The van der Waals surface area contributed by atoms with Crippen LogP contribution in [0.5, 0.6) is 0 Å². The summed E-state index contributed by atoms with van der Waals surface area (Å²) in [7, 11) is 0. The smallest absolute Gasteiger partial charge is 0.246 e. The number of rotatable bonds is 7. The number of hydrogen-bond donors (Lipinski definition) is 1. The molecule has 2 aromatic carbocycles. The van der Waals surface area contributed by atoms with Crippen molar-refractivity contribution in [1.29, 1.82) is 0 Å². The quantitative estimate of drug-likeness (QED) is 0.660. The van der Waals surface area contributed by atoms with Gasteiger partial charge in [0.25, 0.3) is 0 Å². The fourth-order valence-corrected chi connectivity index (χ4v) is 3.54. The van der Waals surface area contributed by atoms with E-state index >= 15 is 0 Å². The minimum atomic E-state index is -0.486. The fraction of sp³-hybridized carbons (Fsp3) is 0.333. The van der Waals surface area contributed by atoms with Crippen molar-refractivity contribution in [2.24, 2.45) is 0 Å². The molecule has 1 saturated carbocycles. The normalized spacial score (nSPS) is 15.8. The van der Waals surface area contributed by atoms with Crippen molar-refractivity contribution in [1.82, 2.24) is 25.5 Å². The van der Waals surface area contributed by atoms with Crippen LogP contribution in [0, 0.1) is 0 Å². The van der Waals surface area contributed by atoms with Gasteiger partial charge in [-0.05, 0) is 54.3 Å². The minimum absolute atomic E-state index is 0.0689. The molecule has 1 fully saturated rings. The molecule has 1 N–H and O–H groups in total. The van der Waals surface area contributed by atoms with E-state index in [0.717, 1.165) is 18.4 Å². The molecule has 3 aromatic rings. The van der Waals surface area contributed by atoms with Gasteiger partial charge in [-0.2, -0.15) is 4.80 Å². The van der Waals surface area contributed by atoms with Crippen molar-refractivity contribution in [3.8, 4) is 11.4 Å². The van der Waals surface area contributed by atoms with E-state index in [1.165, 1.54) is 10.4 Å². The summed E-state index contributed by atoms with van der Waals surface area (Å²) < 4.78 is 0. The first-order valence-corrected chi connectivity index (χ1v) is 9.88. The summed E-state index contributed by atoms with van der Waals surface area (Å²) >= 11 is 5.93. The van der Waals surface area contributed by atoms with Crippen LogP contribution < -0.4 is 5.32 Å². The van der Waals surface area contributed by atoms with Gasteiger partial charge in [-0.15, -0.1) is 10.2 Å². The average Bonchev–Trinajstić information content (AvgIpc) is 3.38.